The lowest BCUT2D eigenvalue weighted by Crippen LogP contribution is -2.46. The van der Waals surface area contributed by atoms with Crippen LogP contribution < -0.4 is 18.9 Å². The van der Waals surface area contributed by atoms with Gasteiger partial charge in [-0.1, -0.05) is 36.4 Å². The standard InChI is InChI=1S/C29H32N2O6/c1-30(17-18-10-8-7-9-11-18)29(33)26-20-15-24(36-5)25(37-6)16-21(20)28(32)31(2)27(26)19-12-13-22(34-3)23(14-19)35-4/h7-16,26-27H,17H2,1-6H3/t26-,27+/m0/s1. The Morgan fingerprint density at radius 3 is 2.05 bits per heavy atom. The summed E-state index contributed by atoms with van der Waals surface area (Å²) in [6.07, 6.45) is 0. The Morgan fingerprint density at radius 1 is 0.838 bits per heavy atom. The second kappa shape index (κ2) is 10.8. The van der Waals surface area contributed by atoms with E-state index in [1.807, 2.05) is 42.5 Å². The highest BCUT2D eigenvalue weighted by Gasteiger charge is 2.44. The number of ether oxygens (including phenoxy) is 4. The monoisotopic (exact) mass is 504 g/mol. The smallest absolute Gasteiger partial charge is 0.254 e. The Labute approximate surface area is 217 Å². The SMILES string of the molecule is COc1ccc([C@@H]2[C@@H](C(=O)N(C)Cc3ccccc3)c3cc(OC)c(OC)cc3C(=O)N2C)cc1OC. The minimum absolute atomic E-state index is 0.128. The van der Waals surface area contributed by atoms with Crippen LogP contribution in [0.15, 0.2) is 60.7 Å². The van der Waals surface area contributed by atoms with E-state index in [9.17, 15) is 9.59 Å². The molecule has 0 unspecified atom stereocenters. The van der Waals surface area contributed by atoms with Crippen LogP contribution in [0.2, 0.25) is 0 Å². The minimum Gasteiger partial charge on any atom is -0.493 e. The molecule has 37 heavy (non-hydrogen) atoms. The fourth-order valence-electron chi connectivity index (χ4n) is 4.94. The van der Waals surface area contributed by atoms with E-state index < -0.39 is 12.0 Å². The van der Waals surface area contributed by atoms with E-state index in [1.54, 1.807) is 56.3 Å². The van der Waals surface area contributed by atoms with Gasteiger partial charge in [-0.3, -0.25) is 9.59 Å². The summed E-state index contributed by atoms with van der Waals surface area (Å²) in [4.78, 5) is 31.1. The lowest BCUT2D eigenvalue weighted by Gasteiger charge is -2.41. The average molecular weight is 505 g/mol. The highest BCUT2D eigenvalue weighted by Crippen LogP contribution is 2.47. The molecule has 0 saturated heterocycles. The second-order valence-corrected chi connectivity index (χ2v) is 8.93. The van der Waals surface area contributed by atoms with Gasteiger partial charge in [-0.2, -0.15) is 0 Å². The molecule has 1 heterocycles. The Hall–Kier alpha value is -4.20. The van der Waals surface area contributed by atoms with Crippen LogP contribution in [-0.4, -0.2) is 64.1 Å². The second-order valence-electron chi connectivity index (χ2n) is 8.93. The Balaban J connectivity index is 1.88. The lowest BCUT2D eigenvalue weighted by atomic mass is 9.78. The molecule has 0 saturated carbocycles. The third-order valence-electron chi connectivity index (χ3n) is 6.83. The van der Waals surface area contributed by atoms with E-state index in [0.717, 1.165) is 11.1 Å². The first-order valence-electron chi connectivity index (χ1n) is 11.9. The third kappa shape index (κ3) is 4.79. The molecule has 8 heteroatoms. The quantitative estimate of drug-likeness (QED) is 0.456. The normalized spacial score (nSPS) is 16.6. The van der Waals surface area contributed by atoms with Crippen LogP contribution in [0.25, 0.3) is 0 Å². The van der Waals surface area contributed by atoms with E-state index in [4.69, 9.17) is 18.9 Å². The lowest BCUT2D eigenvalue weighted by molar-refractivity contribution is -0.133. The molecule has 194 valence electrons. The molecule has 0 aromatic heterocycles. The van der Waals surface area contributed by atoms with Crippen LogP contribution >= 0.6 is 0 Å². The van der Waals surface area contributed by atoms with Crippen molar-refractivity contribution in [1.82, 2.24) is 9.80 Å². The summed E-state index contributed by atoms with van der Waals surface area (Å²) < 4.78 is 21.9. The van der Waals surface area contributed by atoms with Gasteiger partial charge in [-0.15, -0.1) is 0 Å². The molecule has 2 atom stereocenters. The summed E-state index contributed by atoms with van der Waals surface area (Å²) in [5.41, 5.74) is 2.75. The number of hydrogen-bond donors (Lipinski definition) is 0. The summed E-state index contributed by atoms with van der Waals surface area (Å²) >= 11 is 0. The first-order valence-corrected chi connectivity index (χ1v) is 11.9. The highest BCUT2D eigenvalue weighted by atomic mass is 16.5. The van der Waals surface area contributed by atoms with Gasteiger partial charge in [0.05, 0.1) is 40.4 Å². The summed E-state index contributed by atoms with van der Waals surface area (Å²) in [5, 5.41) is 0. The number of benzene rings is 3. The molecule has 4 rings (SSSR count). The van der Waals surface area contributed by atoms with Gasteiger partial charge >= 0.3 is 0 Å². The molecule has 0 fully saturated rings. The zero-order valence-electron chi connectivity index (χ0n) is 22.0. The number of rotatable bonds is 8. The molecular weight excluding hydrogens is 472 g/mol. The largest absolute Gasteiger partial charge is 0.493 e. The van der Waals surface area contributed by atoms with Crippen molar-refractivity contribution in [3.05, 3.63) is 82.9 Å². The van der Waals surface area contributed by atoms with Crippen LogP contribution in [0.5, 0.6) is 23.0 Å². The Morgan fingerprint density at radius 2 is 1.43 bits per heavy atom. The van der Waals surface area contributed by atoms with Gasteiger partial charge in [0.25, 0.3) is 5.91 Å². The van der Waals surface area contributed by atoms with Crippen LogP contribution in [0.4, 0.5) is 0 Å². The van der Waals surface area contributed by atoms with Gasteiger partial charge in [-0.25, -0.2) is 0 Å². The maximum absolute atomic E-state index is 14.2. The predicted octanol–water partition coefficient (Wildman–Crippen LogP) is 4.29. The van der Waals surface area contributed by atoms with E-state index in [2.05, 4.69) is 0 Å². The van der Waals surface area contributed by atoms with E-state index in [1.165, 1.54) is 14.2 Å². The van der Waals surface area contributed by atoms with Crippen molar-refractivity contribution in [2.75, 3.05) is 42.5 Å². The fourth-order valence-corrected chi connectivity index (χ4v) is 4.94. The van der Waals surface area contributed by atoms with E-state index in [-0.39, 0.29) is 11.8 Å². The van der Waals surface area contributed by atoms with E-state index in [0.29, 0.717) is 40.7 Å². The molecule has 0 radical (unpaired) electrons. The number of carbonyl (C=O) groups excluding carboxylic acids is 2. The molecule has 0 spiro atoms. The molecule has 0 aliphatic carbocycles. The first kappa shape index (κ1) is 25.9. The molecular formula is C29H32N2O6. The van der Waals surface area contributed by atoms with Gasteiger partial charge in [0.2, 0.25) is 5.91 Å². The van der Waals surface area contributed by atoms with Crippen LogP contribution in [0, 0.1) is 0 Å². The molecule has 0 N–H and O–H groups in total. The Bertz CT molecular complexity index is 1290. The van der Waals surface area contributed by atoms with Crippen molar-refractivity contribution >= 4 is 11.8 Å². The molecule has 8 nitrogen and oxygen atoms in total. The summed E-state index contributed by atoms with van der Waals surface area (Å²) in [7, 11) is 9.66. The molecule has 3 aromatic rings. The van der Waals surface area contributed by atoms with Crippen molar-refractivity contribution in [1.29, 1.82) is 0 Å². The topological polar surface area (TPSA) is 77.5 Å². The Kier molecular flexibility index (Phi) is 7.57. The molecule has 2 amide bonds. The number of nitrogens with zero attached hydrogens (tertiary/aromatic N) is 2. The average Bonchev–Trinajstić information content (AvgIpc) is 2.93. The highest BCUT2D eigenvalue weighted by molar-refractivity contribution is 6.02. The number of fused-ring (bicyclic) bond motifs is 1. The molecule has 0 bridgehead atoms. The number of amides is 2. The van der Waals surface area contributed by atoms with Gasteiger partial charge < -0.3 is 28.7 Å². The number of likely N-dealkylation sites (N-methyl/N-ethyl adjacent to an activating group) is 2. The zero-order chi connectivity index (χ0) is 26.7. The fraction of sp³-hybridized carbons (Fsp3) is 0.310. The number of hydrogen-bond acceptors (Lipinski definition) is 6. The molecule has 1 aliphatic heterocycles. The van der Waals surface area contributed by atoms with Crippen molar-refractivity contribution in [2.24, 2.45) is 0 Å². The first-order chi connectivity index (χ1) is 17.8. The molecule has 3 aromatic carbocycles. The maximum atomic E-state index is 14.2. The van der Waals surface area contributed by atoms with Crippen molar-refractivity contribution < 1.29 is 28.5 Å². The van der Waals surface area contributed by atoms with Crippen LogP contribution in [0.1, 0.15) is 39.0 Å². The summed E-state index contributed by atoms with van der Waals surface area (Å²) in [6.45, 7) is 0.426. The summed E-state index contributed by atoms with van der Waals surface area (Å²) in [5.74, 6) is 0.908. The van der Waals surface area contributed by atoms with Gasteiger partial charge in [0.15, 0.2) is 23.0 Å². The van der Waals surface area contributed by atoms with Crippen molar-refractivity contribution in [3.8, 4) is 23.0 Å². The molecule has 1 aliphatic rings. The van der Waals surface area contributed by atoms with Gasteiger partial charge in [-0.05, 0) is 41.0 Å². The van der Waals surface area contributed by atoms with Crippen LogP contribution in [-0.2, 0) is 11.3 Å². The maximum Gasteiger partial charge on any atom is 0.254 e. The minimum atomic E-state index is -0.704. The third-order valence-corrected chi connectivity index (χ3v) is 6.83. The van der Waals surface area contributed by atoms with Crippen molar-refractivity contribution in [2.45, 2.75) is 18.5 Å². The van der Waals surface area contributed by atoms with Crippen molar-refractivity contribution in [3.63, 3.8) is 0 Å². The predicted molar refractivity (Wildman–Crippen MR) is 140 cm³/mol. The zero-order valence-corrected chi connectivity index (χ0v) is 22.0. The number of carbonyl (C=O) groups is 2. The van der Waals surface area contributed by atoms with Gasteiger partial charge in [0.1, 0.15) is 0 Å². The summed E-state index contributed by atoms with van der Waals surface area (Å²) in [6, 6.07) is 18.0. The van der Waals surface area contributed by atoms with Crippen LogP contribution in [0.3, 0.4) is 0 Å². The van der Waals surface area contributed by atoms with E-state index >= 15 is 0 Å². The van der Waals surface area contributed by atoms with Gasteiger partial charge in [0, 0.05) is 26.2 Å². The number of methoxy groups -OCH3 is 4.